The Labute approximate surface area is 124 Å². The lowest BCUT2D eigenvalue weighted by Crippen LogP contribution is -2.36. The van der Waals surface area contributed by atoms with Gasteiger partial charge in [0.15, 0.2) is 0 Å². The second-order valence-electron chi connectivity index (χ2n) is 5.79. The molecule has 1 aliphatic rings. The molecule has 0 radical (unpaired) electrons. The number of rotatable bonds is 1. The van der Waals surface area contributed by atoms with Crippen molar-refractivity contribution >= 4 is 16.7 Å². The largest absolute Gasteiger partial charge is 0.393 e. The summed E-state index contributed by atoms with van der Waals surface area (Å²) in [4.78, 5) is 6.89. The highest BCUT2D eigenvalue weighted by Gasteiger charge is 2.21. The topological polar surface area (TPSA) is 60.1 Å². The Balaban J connectivity index is 2.14. The number of aliphatic hydroxyl groups is 1. The molecule has 0 unspecified atom stereocenters. The molecule has 0 saturated carbocycles. The van der Waals surface area contributed by atoms with Crippen molar-refractivity contribution in [2.24, 2.45) is 0 Å². The van der Waals surface area contributed by atoms with Crippen LogP contribution in [0.25, 0.3) is 10.9 Å². The minimum absolute atomic E-state index is 0.226. The number of pyridine rings is 1. The van der Waals surface area contributed by atoms with Crippen LogP contribution in [0, 0.1) is 25.2 Å². The number of aliphatic hydroxyl groups excluding tert-OH is 1. The molecule has 0 spiro atoms. The van der Waals surface area contributed by atoms with Crippen LogP contribution in [0.2, 0.25) is 0 Å². The molecular formula is C17H19N3O. The van der Waals surface area contributed by atoms with E-state index >= 15 is 0 Å². The van der Waals surface area contributed by atoms with Gasteiger partial charge in [0.2, 0.25) is 0 Å². The number of piperidine rings is 1. The Bertz CT molecular complexity index is 725. The predicted molar refractivity (Wildman–Crippen MR) is 83.4 cm³/mol. The molecule has 2 aromatic rings. The maximum absolute atomic E-state index is 9.64. The van der Waals surface area contributed by atoms with Gasteiger partial charge in [0.1, 0.15) is 11.9 Å². The van der Waals surface area contributed by atoms with Gasteiger partial charge in [-0.3, -0.25) is 0 Å². The average molecular weight is 281 g/mol. The van der Waals surface area contributed by atoms with Crippen molar-refractivity contribution in [3.63, 3.8) is 0 Å². The van der Waals surface area contributed by atoms with Gasteiger partial charge in [-0.25, -0.2) is 4.98 Å². The summed E-state index contributed by atoms with van der Waals surface area (Å²) in [6.07, 6.45) is 1.24. The van der Waals surface area contributed by atoms with E-state index < -0.39 is 0 Å². The van der Waals surface area contributed by atoms with Gasteiger partial charge in [0.05, 0.1) is 17.2 Å². The lowest BCUT2D eigenvalue weighted by molar-refractivity contribution is 0.145. The van der Waals surface area contributed by atoms with Crippen LogP contribution < -0.4 is 4.90 Å². The number of nitriles is 1. The lowest BCUT2D eigenvalue weighted by Gasteiger charge is -2.31. The van der Waals surface area contributed by atoms with Gasteiger partial charge in [-0.05, 0) is 43.9 Å². The molecule has 0 amide bonds. The van der Waals surface area contributed by atoms with Crippen molar-refractivity contribution in [2.45, 2.75) is 32.8 Å². The van der Waals surface area contributed by atoms with Gasteiger partial charge < -0.3 is 10.0 Å². The number of fused-ring (bicyclic) bond motifs is 1. The van der Waals surface area contributed by atoms with Crippen LogP contribution in [0.3, 0.4) is 0 Å². The van der Waals surface area contributed by atoms with Gasteiger partial charge in [-0.2, -0.15) is 5.26 Å². The van der Waals surface area contributed by atoms with E-state index in [0.717, 1.165) is 53.8 Å². The van der Waals surface area contributed by atoms with Crippen molar-refractivity contribution in [1.29, 1.82) is 5.26 Å². The van der Waals surface area contributed by atoms with Crippen LogP contribution in [0.5, 0.6) is 0 Å². The van der Waals surface area contributed by atoms with Crippen LogP contribution in [0.15, 0.2) is 18.2 Å². The van der Waals surface area contributed by atoms with Crippen molar-refractivity contribution in [3.8, 4) is 6.07 Å². The zero-order chi connectivity index (χ0) is 15.0. The van der Waals surface area contributed by atoms with Crippen molar-refractivity contribution < 1.29 is 5.11 Å². The van der Waals surface area contributed by atoms with E-state index in [1.54, 1.807) is 0 Å². The predicted octanol–water partition coefficient (Wildman–Crippen LogP) is 2.68. The highest BCUT2D eigenvalue weighted by molar-refractivity contribution is 5.88. The normalized spacial score (nSPS) is 16.2. The molecule has 1 aliphatic heterocycles. The SMILES string of the molecule is Cc1ccc(C)c2nc(N3CCC(O)CC3)c(C#N)cc12. The second kappa shape index (κ2) is 5.34. The third-order valence-electron chi connectivity index (χ3n) is 4.27. The first-order chi connectivity index (χ1) is 10.1. The summed E-state index contributed by atoms with van der Waals surface area (Å²) in [5.74, 6) is 0.755. The third-order valence-corrected chi connectivity index (χ3v) is 4.27. The summed E-state index contributed by atoms with van der Waals surface area (Å²) >= 11 is 0. The van der Waals surface area contributed by atoms with Crippen molar-refractivity contribution in [1.82, 2.24) is 4.98 Å². The molecule has 21 heavy (non-hydrogen) atoms. The average Bonchev–Trinajstić information content (AvgIpc) is 2.51. The third kappa shape index (κ3) is 2.45. The summed E-state index contributed by atoms with van der Waals surface area (Å²) in [6, 6.07) is 8.36. The molecule has 3 rings (SSSR count). The van der Waals surface area contributed by atoms with Crippen LogP contribution in [0.4, 0.5) is 5.82 Å². The Kier molecular flexibility index (Phi) is 3.52. The van der Waals surface area contributed by atoms with E-state index in [0.29, 0.717) is 5.56 Å². The van der Waals surface area contributed by atoms with Gasteiger partial charge in [0, 0.05) is 18.5 Å². The number of hydrogen-bond donors (Lipinski definition) is 1. The van der Waals surface area contributed by atoms with Crippen LogP contribution in [-0.4, -0.2) is 29.3 Å². The first-order valence-electron chi connectivity index (χ1n) is 7.34. The molecule has 1 saturated heterocycles. The van der Waals surface area contributed by atoms with E-state index in [2.05, 4.69) is 23.1 Å². The van der Waals surface area contributed by atoms with Gasteiger partial charge in [-0.1, -0.05) is 12.1 Å². The van der Waals surface area contributed by atoms with E-state index in [1.165, 1.54) is 0 Å². The van der Waals surface area contributed by atoms with Crippen molar-refractivity contribution in [2.75, 3.05) is 18.0 Å². The Hall–Kier alpha value is -2.12. The summed E-state index contributed by atoms with van der Waals surface area (Å²) in [5, 5.41) is 20.1. The molecule has 2 heterocycles. The summed E-state index contributed by atoms with van der Waals surface area (Å²) < 4.78 is 0. The highest BCUT2D eigenvalue weighted by Crippen LogP contribution is 2.28. The fraction of sp³-hybridized carbons (Fsp3) is 0.412. The molecular weight excluding hydrogens is 262 g/mol. The van der Waals surface area contributed by atoms with Gasteiger partial charge in [0.25, 0.3) is 0 Å². The first kappa shape index (κ1) is 13.8. The number of benzene rings is 1. The Morgan fingerprint density at radius 2 is 1.90 bits per heavy atom. The quantitative estimate of drug-likeness (QED) is 0.873. The van der Waals surface area contributed by atoms with Gasteiger partial charge >= 0.3 is 0 Å². The van der Waals surface area contributed by atoms with E-state index in [9.17, 15) is 10.4 Å². The maximum atomic E-state index is 9.64. The summed E-state index contributed by atoms with van der Waals surface area (Å²) in [5.41, 5.74) is 3.85. The standard InChI is InChI=1S/C17H19N3O/c1-11-3-4-12(2)16-15(11)9-13(10-18)17(19-16)20-7-5-14(21)6-8-20/h3-4,9,14,21H,5-8H2,1-2H3. The van der Waals surface area contributed by atoms with E-state index in [1.807, 2.05) is 19.9 Å². The van der Waals surface area contributed by atoms with E-state index in [4.69, 9.17) is 4.98 Å². The Morgan fingerprint density at radius 1 is 1.24 bits per heavy atom. The minimum atomic E-state index is -0.226. The second-order valence-corrected chi connectivity index (χ2v) is 5.79. The maximum Gasteiger partial charge on any atom is 0.147 e. The fourth-order valence-corrected chi connectivity index (χ4v) is 2.92. The molecule has 1 aromatic heterocycles. The minimum Gasteiger partial charge on any atom is -0.393 e. The fourth-order valence-electron chi connectivity index (χ4n) is 2.92. The van der Waals surface area contributed by atoms with Gasteiger partial charge in [-0.15, -0.1) is 0 Å². The zero-order valence-electron chi connectivity index (χ0n) is 12.4. The molecule has 0 bridgehead atoms. The summed E-state index contributed by atoms with van der Waals surface area (Å²) in [7, 11) is 0. The van der Waals surface area contributed by atoms with E-state index in [-0.39, 0.29) is 6.10 Å². The monoisotopic (exact) mass is 281 g/mol. The first-order valence-corrected chi connectivity index (χ1v) is 7.34. The molecule has 4 heteroatoms. The number of hydrogen-bond acceptors (Lipinski definition) is 4. The van der Waals surface area contributed by atoms with Crippen LogP contribution in [0.1, 0.15) is 29.5 Å². The number of aryl methyl sites for hydroxylation is 2. The number of nitrogens with zero attached hydrogens (tertiary/aromatic N) is 3. The molecule has 1 N–H and O–H groups in total. The number of aromatic nitrogens is 1. The molecule has 0 aliphatic carbocycles. The Morgan fingerprint density at radius 3 is 2.57 bits per heavy atom. The lowest BCUT2D eigenvalue weighted by atomic mass is 10.0. The van der Waals surface area contributed by atoms with Crippen LogP contribution >= 0.6 is 0 Å². The van der Waals surface area contributed by atoms with Crippen LogP contribution in [-0.2, 0) is 0 Å². The molecule has 0 atom stereocenters. The highest BCUT2D eigenvalue weighted by atomic mass is 16.3. The molecule has 4 nitrogen and oxygen atoms in total. The zero-order valence-corrected chi connectivity index (χ0v) is 12.4. The molecule has 1 fully saturated rings. The smallest absolute Gasteiger partial charge is 0.147 e. The van der Waals surface area contributed by atoms with Crippen molar-refractivity contribution in [3.05, 3.63) is 34.9 Å². The molecule has 1 aromatic carbocycles. The molecule has 108 valence electrons. The summed E-state index contributed by atoms with van der Waals surface area (Å²) in [6.45, 7) is 5.59. The number of anilines is 1.